The Labute approximate surface area is 146 Å². The first-order valence-electron chi connectivity index (χ1n) is 9.10. The second kappa shape index (κ2) is 6.58. The molecular weight excluding hydrogens is 319 g/mol. The summed E-state index contributed by atoms with van der Waals surface area (Å²) < 4.78 is 16.0. The van der Waals surface area contributed by atoms with Gasteiger partial charge in [0.25, 0.3) is 0 Å². The molecule has 2 atom stereocenters. The monoisotopic (exact) mass is 342 g/mol. The number of piperidine rings is 1. The van der Waals surface area contributed by atoms with Crippen molar-refractivity contribution in [3.8, 4) is 0 Å². The molecule has 2 heterocycles. The number of rotatable bonds is 4. The van der Waals surface area contributed by atoms with Crippen LogP contribution in [0.25, 0.3) is 0 Å². The first-order chi connectivity index (χ1) is 12.2. The summed E-state index contributed by atoms with van der Waals surface area (Å²) in [4.78, 5) is 14.7. The Morgan fingerprint density at radius 1 is 1.28 bits per heavy atom. The molecule has 2 aromatic rings. The number of hydrogen-bond donors (Lipinski definition) is 0. The zero-order chi connectivity index (χ0) is 17.4. The van der Waals surface area contributed by atoms with Crippen LogP contribution in [-0.4, -0.2) is 38.7 Å². The van der Waals surface area contributed by atoms with Gasteiger partial charge in [-0.05, 0) is 43.7 Å². The lowest BCUT2D eigenvalue weighted by molar-refractivity contribution is -0.133. The molecule has 1 saturated heterocycles. The van der Waals surface area contributed by atoms with E-state index < -0.39 is 0 Å². The summed E-state index contributed by atoms with van der Waals surface area (Å²) >= 11 is 0. The zero-order valence-corrected chi connectivity index (χ0v) is 14.4. The molecule has 2 fully saturated rings. The highest BCUT2D eigenvalue weighted by Crippen LogP contribution is 2.49. The Kier molecular flexibility index (Phi) is 4.27. The van der Waals surface area contributed by atoms with Crippen molar-refractivity contribution in [3.05, 3.63) is 47.8 Å². The summed E-state index contributed by atoms with van der Waals surface area (Å²) in [6.07, 6.45) is 4.38. The standard InChI is InChI=1S/C19H23FN4O/c1-2-23-12-21-22-18(23)13-7-9-24(10-8-13)19(25)16-11-15(16)14-5-3-4-6-17(14)20/h3-6,12-13,15-16H,2,7-11H2,1H3/t15-,16-/m0/s1. The van der Waals surface area contributed by atoms with Crippen LogP contribution >= 0.6 is 0 Å². The van der Waals surface area contributed by atoms with Crippen molar-refractivity contribution in [3.63, 3.8) is 0 Å². The number of aryl methyl sites for hydroxylation is 1. The summed E-state index contributed by atoms with van der Waals surface area (Å²) in [6, 6.07) is 6.81. The fraction of sp³-hybridized carbons (Fsp3) is 0.526. The first kappa shape index (κ1) is 16.2. The highest BCUT2D eigenvalue weighted by Gasteiger charge is 2.47. The SMILES string of the molecule is CCn1cnnc1C1CCN(C(=O)[C@H]2C[C@H]2c2ccccc2F)CC1. The summed E-state index contributed by atoms with van der Waals surface area (Å²) in [5.74, 6) is 1.39. The van der Waals surface area contributed by atoms with Gasteiger partial charge in [-0.15, -0.1) is 10.2 Å². The Bertz CT molecular complexity index is 766. The lowest BCUT2D eigenvalue weighted by Crippen LogP contribution is -2.39. The molecule has 1 aromatic heterocycles. The van der Waals surface area contributed by atoms with Crippen LogP contribution in [0.15, 0.2) is 30.6 Å². The van der Waals surface area contributed by atoms with E-state index in [9.17, 15) is 9.18 Å². The smallest absolute Gasteiger partial charge is 0.226 e. The van der Waals surface area contributed by atoms with Crippen LogP contribution in [0, 0.1) is 11.7 Å². The molecule has 0 spiro atoms. The van der Waals surface area contributed by atoms with E-state index in [4.69, 9.17) is 0 Å². The third-order valence-corrected chi connectivity index (χ3v) is 5.57. The molecule has 0 N–H and O–H groups in total. The lowest BCUT2D eigenvalue weighted by Gasteiger charge is -2.32. The van der Waals surface area contributed by atoms with E-state index in [1.165, 1.54) is 6.07 Å². The predicted molar refractivity (Wildman–Crippen MR) is 91.5 cm³/mol. The van der Waals surface area contributed by atoms with Crippen LogP contribution in [0.5, 0.6) is 0 Å². The quantitative estimate of drug-likeness (QED) is 0.858. The minimum Gasteiger partial charge on any atom is -0.342 e. The highest BCUT2D eigenvalue weighted by molar-refractivity contribution is 5.83. The van der Waals surface area contributed by atoms with Gasteiger partial charge >= 0.3 is 0 Å². The van der Waals surface area contributed by atoms with Gasteiger partial charge in [0.2, 0.25) is 5.91 Å². The third-order valence-electron chi connectivity index (χ3n) is 5.57. The fourth-order valence-corrected chi connectivity index (χ4v) is 4.00. The maximum absolute atomic E-state index is 13.9. The van der Waals surface area contributed by atoms with Gasteiger partial charge in [-0.25, -0.2) is 4.39 Å². The number of benzene rings is 1. The van der Waals surface area contributed by atoms with E-state index in [2.05, 4.69) is 21.7 Å². The average Bonchev–Trinajstić information content (AvgIpc) is 3.29. The summed E-state index contributed by atoms with van der Waals surface area (Å²) in [5.41, 5.74) is 0.687. The molecular formula is C19H23FN4O. The van der Waals surface area contributed by atoms with Gasteiger partial charge in [0, 0.05) is 31.5 Å². The maximum Gasteiger partial charge on any atom is 0.226 e. The molecule has 25 heavy (non-hydrogen) atoms. The second-order valence-electron chi connectivity index (χ2n) is 7.04. The van der Waals surface area contributed by atoms with Gasteiger partial charge in [0.05, 0.1) is 0 Å². The van der Waals surface area contributed by atoms with Crippen LogP contribution in [0.2, 0.25) is 0 Å². The molecule has 4 rings (SSSR count). The molecule has 132 valence electrons. The van der Waals surface area contributed by atoms with Crippen LogP contribution in [-0.2, 0) is 11.3 Å². The molecule has 1 aliphatic heterocycles. The van der Waals surface area contributed by atoms with Crippen molar-refractivity contribution >= 4 is 5.91 Å². The average molecular weight is 342 g/mol. The van der Waals surface area contributed by atoms with Crippen molar-refractivity contribution in [1.82, 2.24) is 19.7 Å². The van der Waals surface area contributed by atoms with Gasteiger partial charge in [-0.1, -0.05) is 18.2 Å². The van der Waals surface area contributed by atoms with Gasteiger partial charge in [-0.3, -0.25) is 4.79 Å². The number of amides is 1. The minimum absolute atomic E-state index is 0.0484. The van der Waals surface area contributed by atoms with Crippen molar-refractivity contribution < 1.29 is 9.18 Å². The normalized spacial score (nSPS) is 23.7. The van der Waals surface area contributed by atoms with E-state index >= 15 is 0 Å². The van der Waals surface area contributed by atoms with Crippen LogP contribution in [0.4, 0.5) is 4.39 Å². The Hall–Kier alpha value is -2.24. The first-order valence-corrected chi connectivity index (χ1v) is 9.10. The second-order valence-corrected chi connectivity index (χ2v) is 7.04. The topological polar surface area (TPSA) is 51.0 Å². The number of likely N-dealkylation sites (tertiary alicyclic amines) is 1. The fourth-order valence-electron chi connectivity index (χ4n) is 4.00. The molecule has 6 heteroatoms. The largest absolute Gasteiger partial charge is 0.342 e. The number of carbonyl (C=O) groups excluding carboxylic acids is 1. The summed E-state index contributed by atoms with van der Waals surface area (Å²) in [6.45, 7) is 4.45. The Morgan fingerprint density at radius 3 is 2.76 bits per heavy atom. The molecule has 0 bridgehead atoms. The molecule has 1 saturated carbocycles. The van der Waals surface area contributed by atoms with Crippen molar-refractivity contribution in [2.45, 2.75) is 44.6 Å². The van der Waals surface area contributed by atoms with E-state index in [0.717, 1.165) is 44.7 Å². The van der Waals surface area contributed by atoms with Crippen LogP contribution in [0.1, 0.15) is 49.4 Å². The Balaban J connectivity index is 1.36. The third kappa shape index (κ3) is 3.05. The molecule has 0 radical (unpaired) electrons. The van der Waals surface area contributed by atoms with Gasteiger partial charge < -0.3 is 9.47 Å². The lowest BCUT2D eigenvalue weighted by atomic mass is 9.95. The number of hydrogen-bond acceptors (Lipinski definition) is 3. The maximum atomic E-state index is 13.9. The number of carbonyl (C=O) groups is 1. The Morgan fingerprint density at radius 2 is 2.04 bits per heavy atom. The summed E-state index contributed by atoms with van der Waals surface area (Å²) in [5, 5.41) is 8.27. The van der Waals surface area contributed by atoms with Gasteiger partial charge in [-0.2, -0.15) is 0 Å². The molecule has 1 amide bonds. The van der Waals surface area contributed by atoms with E-state index in [1.54, 1.807) is 18.5 Å². The van der Waals surface area contributed by atoms with Crippen LogP contribution < -0.4 is 0 Å². The van der Waals surface area contributed by atoms with Crippen molar-refractivity contribution in [1.29, 1.82) is 0 Å². The molecule has 2 aliphatic rings. The molecule has 5 nitrogen and oxygen atoms in total. The minimum atomic E-state index is -0.194. The highest BCUT2D eigenvalue weighted by atomic mass is 19.1. The van der Waals surface area contributed by atoms with E-state index in [1.807, 2.05) is 11.0 Å². The predicted octanol–water partition coefficient (Wildman–Crippen LogP) is 2.95. The number of nitrogens with zero attached hydrogens (tertiary/aromatic N) is 4. The van der Waals surface area contributed by atoms with Crippen LogP contribution in [0.3, 0.4) is 0 Å². The van der Waals surface area contributed by atoms with Gasteiger partial charge in [0.1, 0.15) is 18.0 Å². The summed E-state index contributed by atoms with van der Waals surface area (Å²) in [7, 11) is 0. The van der Waals surface area contributed by atoms with E-state index in [0.29, 0.717) is 11.5 Å². The molecule has 1 aliphatic carbocycles. The zero-order valence-electron chi connectivity index (χ0n) is 14.4. The van der Waals surface area contributed by atoms with E-state index in [-0.39, 0.29) is 23.6 Å². The van der Waals surface area contributed by atoms with Crippen molar-refractivity contribution in [2.75, 3.05) is 13.1 Å². The molecule has 0 unspecified atom stereocenters. The number of halogens is 1. The van der Waals surface area contributed by atoms with Gasteiger partial charge in [0.15, 0.2) is 0 Å². The molecule has 1 aromatic carbocycles. The number of aromatic nitrogens is 3. The van der Waals surface area contributed by atoms with Crippen molar-refractivity contribution in [2.24, 2.45) is 5.92 Å².